The largest absolute Gasteiger partial charge is 0.463 e. The van der Waals surface area contributed by atoms with Gasteiger partial charge in [-0.25, -0.2) is 4.79 Å². The molecule has 0 aliphatic carbocycles. The molecule has 3 atom stereocenters. The maximum atomic E-state index is 11.5. The fraction of sp³-hybridized carbons (Fsp3) is 0.611. The number of ether oxygens (including phenoxy) is 2. The van der Waals surface area contributed by atoms with Crippen LogP contribution in [-0.4, -0.2) is 39.2 Å². The molecule has 5 heteroatoms. The monoisotopic (exact) mass is 336 g/mol. The standard InChI is InChI=1S/C18H28O4Si/c1-8-14-10-11-16(22-23(6,7)18(3,4)5)15(21-14)12-13-17(19)20-9-2/h1,10-16H,9H2,2-7H3/b13-12-/t14-,15-,16-/m1/s1. The summed E-state index contributed by atoms with van der Waals surface area (Å²) in [6, 6.07) is 0. The van der Waals surface area contributed by atoms with E-state index in [1.165, 1.54) is 6.08 Å². The summed E-state index contributed by atoms with van der Waals surface area (Å²) in [4.78, 5) is 11.5. The lowest BCUT2D eigenvalue weighted by molar-refractivity contribution is -0.137. The Balaban J connectivity index is 2.93. The fourth-order valence-corrected chi connectivity index (χ4v) is 3.10. The Morgan fingerprint density at radius 3 is 2.57 bits per heavy atom. The molecule has 1 rings (SSSR count). The van der Waals surface area contributed by atoms with Gasteiger partial charge < -0.3 is 13.9 Å². The quantitative estimate of drug-likeness (QED) is 0.254. The van der Waals surface area contributed by atoms with Gasteiger partial charge in [0.25, 0.3) is 0 Å². The summed E-state index contributed by atoms with van der Waals surface area (Å²) in [6.07, 6.45) is 11.2. The van der Waals surface area contributed by atoms with Crippen LogP contribution in [0.25, 0.3) is 0 Å². The molecular weight excluding hydrogens is 308 g/mol. The van der Waals surface area contributed by atoms with E-state index in [1.54, 1.807) is 13.0 Å². The highest BCUT2D eigenvalue weighted by Gasteiger charge is 2.41. The van der Waals surface area contributed by atoms with Crippen molar-refractivity contribution >= 4 is 14.3 Å². The summed E-state index contributed by atoms with van der Waals surface area (Å²) >= 11 is 0. The average molecular weight is 337 g/mol. The van der Waals surface area contributed by atoms with Crippen LogP contribution in [-0.2, 0) is 18.7 Å². The van der Waals surface area contributed by atoms with Crippen LogP contribution in [0, 0.1) is 12.3 Å². The fourth-order valence-electron chi connectivity index (χ4n) is 1.85. The van der Waals surface area contributed by atoms with E-state index in [0.717, 1.165) is 0 Å². The first kappa shape index (κ1) is 19.7. The predicted molar refractivity (Wildman–Crippen MR) is 94.5 cm³/mol. The Morgan fingerprint density at radius 2 is 2.04 bits per heavy atom. The van der Waals surface area contributed by atoms with Crippen LogP contribution in [0.4, 0.5) is 0 Å². The van der Waals surface area contributed by atoms with Gasteiger partial charge in [-0.15, -0.1) is 6.42 Å². The van der Waals surface area contributed by atoms with Gasteiger partial charge in [-0.2, -0.15) is 0 Å². The van der Waals surface area contributed by atoms with Crippen LogP contribution >= 0.6 is 0 Å². The molecule has 0 bridgehead atoms. The second-order valence-electron chi connectivity index (χ2n) is 7.03. The van der Waals surface area contributed by atoms with Crippen LogP contribution in [0.15, 0.2) is 24.3 Å². The zero-order valence-corrected chi connectivity index (χ0v) is 16.0. The molecule has 0 aromatic rings. The summed E-state index contributed by atoms with van der Waals surface area (Å²) in [5, 5.41) is 0.0826. The highest BCUT2D eigenvalue weighted by Crippen LogP contribution is 2.38. The number of carbonyl (C=O) groups is 1. The number of hydrogen-bond donors (Lipinski definition) is 0. The molecule has 128 valence electrons. The normalized spacial score (nSPS) is 25.3. The van der Waals surface area contributed by atoms with Gasteiger partial charge >= 0.3 is 5.97 Å². The molecular formula is C18H28O4Si. The molecule has 0 spiro atoms. The van der Waals surface area contributed by atoms with E-state index in [2.05, 4.69) is 39.8 Å². The predicted octanol–water partition coefficient (Wildman–Crippen LogP) is 3.45. The molecule has 0 N–H and O–H groups in total. The molecule has 0 amide bonds. The van der Waals surface area contributed by atoms with Crippen molar-refractivity contribution in [3.8, 4) is 12.3 Å². The zero-order valence-electron chi connectivity index (χ0n) is 15.0. The molecule has 0 saturated heterocycles. The van der Waals surface area contributed by atoms with Crippen molar-refractivity contribution in [3.63, 3.8) is 0 Å². The summed E-state index contributed by atoms with van der Waals surface area (Å²) in [5.74, 6) is 2.16. The average Bonchev–Trinajstić information content (AvgIpc) is 2.45. The number of hydrogen-bond acceptors (Lipinski definition) is 4. The van der Waals surface area contributed by atoms with E-state index in [-0.39, 0.29) is 11.1 Å². The van der Waals surface area contributed by atoms with Gasteiger partial charge in [0.1, 0.15) is 12.2 Å². The van der Waals surface area contributed by atoms with Crippen LogP contribution in [0.1, 0.15) is 27.7 Å². The van der Waals surface area contributed by atoms with Gasteiger partial charge in [-0.3, -0.25) is 0 Å². The lowest BCUT2D eigenvalue weighted by atomic mass is 10.1. The number of rotatable bonds is 5. The Morgan fingerprint density at radius 1 is 1.39 bits per heavy atom. The molecule has 0 fully saturated rings. The maximum absolute atomic E-state index is 11.5. The number of esters is 1. The molecule has 23 heavy (non-hydrogen) atoms. The second-order valence-corrected chi connectivity index (χ2v) is 11.8. The first-order chi connectivity index (χ1) is 10.6. The van der Waals surface area contributed by atoms with Crippen molar-refractivity contribution in [2.75, 3.05) is 6.61 Å². The van der Waals surface area contributed by atoms with Crippen molar-refractivity contribution in [2.24, 2.45) is 0 Å². The first-order valence-electron chi connectivity index (χ1n) is 7.93. The van der Waals surface area contributed by atoms with Gasteiger partial charge in [0.2, 0.25) is 0 Å². The Labute approximate surface area is 141 Å². The van der Waals surface area contributed by atoms with Gasteiger partial charge in [0.05, 0.1) is 12.7 Å². The number of terminal acetylenes is 1. The van der Waals surface area contributed by atoms with Crippen LogP contribution in [0.3, 0.4) is 0 Å². The minimum atomic E-state index is -1.97. The smallest absolute Gasteiger partial charge is 0.330 e. The molecule has 1 aliphatic heterocycles. The van der Waals surface area contributed by atoms with Gasteiger partial charge in [-0.05, 0) is 37.2 Å². The van der Waals surface area contributed by atoms with E-state index in [0.29, 0.717) is 6.61 Å². The lowest BCUT2D eigenvalue weighted by Gasteiger charge is -2.41. The maximum Gasteiger partial charge on any atom is 0.330 e. The third-order valence-electron chi connectivity index (χ3n) is 4.21. The highest BCUT2D eigenvalue weighted by atomic mass is 28.4. The van der Waals surface area contributed by atoms with Crippen LogP contribution < -0.4 is 0 Å². The van der Waals surface area contributed by atoms with Crippen molar-refractivity contribution in [1.29, 1.82) is 0 Å². The van der Waals surface area contributed by atoms with Crippen molar-refractivity contribution in [1.82, 2.24) is 0 Å². The summed E-state index contributed by atoms with van der Waals surface area (Å²) < 4.78 is 17.1. The minimum Gasteiger partial charge on any atom is -0.463 e. The topological polar surface area (TPSA) is 44.8 Å². The summed E-state index contributed by atoms with van der Waals surface area (Å²) in [5.41, 5.74) is 0. The van der Waals surface area contributed by atoms with Gasteiger partial charge in [0.15, 0.2) is 8.32 Å². The van der Waals surface area contributed by atoms with E-state index < -0.39 is 26.5 Å². The Hall–Kier alpha value is -1.35. The summed E-state index contributed by atoms with van der Waals surface area (Å²) in [6.45, 7) is 13.0. The molecule has 0 aromatic carbocycles. The third-order valence-corrected chi connectivity index (χ3v) is 8.69. The molecule has 4 nitrogen and oxygen atoms in total. The van der Waals surface area contributed by atoms with E-state index in [1.807, 2.05) is 12.2 Å². The van der Waals surface area contributed by atoms with Crippen molar-refractivity contribution < 1.29 is 18.7 Å². The second kappa shape index (κ2) is 7.96. The molecule has 0 aromatic heterocycles. The zero-order chi connectivity index (χ0) is 17.7. The van der Waals surface area contributed by atoms with Crippen molar-refractivity contribution in [2.45, 2.75) is 64.1 Å². The van der Waals surface area contributed by atoms with Gasteiger partial charge in [-0.1, -0.05) is 32.8 Å². The third kappa shape index (κ3) is 5.65. The molecule has 0 radical (unpaired) electrons. The molecule has 0 unspecified atom stereocenters. The van der Waals surface area contributed by atoms with E-state index in [4.69, 9.17) is 20.3 Å². The Kier molecular flexibility index (Phi) is 6.81. The first-order valence-corrected chi connectivity index (χ1v) is 10.8. The molecule has 1 aliphatic rings. The minimum absolute atomic E-state index is 0.0826. The number of carbonyl (C=O) groups excluding carboxylic acids is 1. The lowest BCUT2D eigenvalue weighted by Crippen LogP contribution is -2.48. The SMILES string of the molecule is C#C[C@@H]1C=C[C@@H](O[Si](C)(C)C(C)(C)C)[C@@H](/C=C\C(=O)OCC)O1. The van der Waals surface area contributed by atoms with E-state index in [9.17, 15) is 4.79 Å². The van der Waals surface area contributed by atoms with Gasteiger partial charge in [0, 0.05) is 6.08 Å². The van der Waals surface area contributed by atoms with Crippen LogP contribution in [0.2, 0.25) is 18.1 Å². The van der Waals surface area contributed by atoms with Crippen molar-refractivity contribution in [3.05, 3.63) is 24.3 Å². The molecule has 1 heterocycles. The Bertz CT molecular complexity index is 508. The molecule has 0 saturated carbocycles. The van der Waals surface area contributed by atoms with E-state index >= 15 is 0 Å². The summed E-state index contributed by atoms with van der Waals surface area (Å²) in [7, 11) is -1.97. The van der Waals surface area contributed by atoms with Crippen LogP contribution in [0.5, 0.6) is 0 Å². The highest BCUT2D eigenvalue weighted by molar-refractivity contribution is 6.74.